The SMILES string of the molecule is CCNC1CCC(CC2CCC(C)O2)C1. The summed E-state index contributed by atoms with van der Waals surface area (Å²) < 4.78 is 5.90. The lowest BCUT2D eigenvalue weighted by atomic mass is 9.98. The molecule has 2 heteroatoms. The molecule has 15 heavy (non-hydrogen) atoms. The highest BCUT2D eigenvalue weighted by Crippen LogP contribution is 2.33. The smallest absolute Gasteiger partial charge is 0.0582 e. The van der Waals surface area contributed by atoms with Gasteiger partial charge in [0.25, 0.3) is 0 Å². The van der Waals surface area contributed by atoms with Gasteiger partial charge in [-0.2, -0.15) is 0 Å². The fourth-order valence-corrected chi connectivity index (χ4v) is 3.19. The zero-order valence-corrected chi connectivity index (χ0v) is 10.2. The monoisotopic (exact) mass is 211 g/mol. The predicted molar refractivity (Wildman–Crippen MR) is 63.0 cm³/mol. The first-order valence-electron chi connectivity index (χ1n) is 6.66. The van der Waals surface area contributed by atoms with Gasteiger partial charge in [-0.25, -0.2) is 0 Å². The molecular weight excluding hydrogens is 186 g/mol. The molecule has 1 saturated carbocycles. The van der Waals surface area contributed by atoms with Crippen molar-refractivity contribution in [1.82, 2.24) is 5.32 Å². The van der Waals surface area contributed by atoms with Gasteiger partial charge in [0.15, 0.2) is 0 Å². The normalized spacial score (nSPS) is 41.2. The molecule has 0 radical (unpaired) electrons. The molecule has 1 aliphatic heterocycles. The molecule has 0 spiro atoms. The zero-order valence-electron chi connectivity index (χ0n) is 10.2. The van der Waals surface area contributed by atoms with Gasteiger partial charge in [-0.05, 0) is 57.9 Å². The van der Waals surface area contributed by atoms with Crippen molar-refractivity contribution in [2.75, 3.05) is 6.54 Å². The van der Waals surface area contributed by atoms with Crippen LogP contribution in [0.15, 0.2) is 0 Å². The maximum absolute atomic E-state index is 5.90. The van der Waals surface area contributed by atoms with E-state index < -0.39 is 0 Å². The topological polar surface area (TPSA) is 21.3 Å². The number of rotatable bonds is 4. The molecule has 2 aliphatic rings. The summed E-state index contributed by atoms with van der Waals surface area (Å²) in [6, 6.07) is 0.791. The van der Waals surface area contributed by atoms with Crippen LogP contribution in [-0.4, -0.2) is 24.8 Å². The van der Waals surface area contributed by atoms with E-state index in [4.69, 9.17) is 4.74 Å². The number of hydrogen-bond donors (Lipinski definition) is 1. The minimum Gasteiger partial charge on any atom is -0.375 e. The minimum atomic E-state index is 0.515. The molecule has 2 nitrogen and oxygen atoms in total. The van der Waals surface area contributed by atoms with Gasteiger partial charge in [0.05, 0.1) is 12.2 Å². The van der Waals surface area contributed by atoms with E-state index in [0.717, 1.165) is 18.5 Å². The van der Waals surface area contributed by atoms with Crippen LogP contribution in [0.4, 0.5) is 0 Å². The van der Waals surface area contributed by atoms with Gasteiger partial charge in [-0.1, -0.05) is 6.92 Å². The summed E-state index contributed by atoms with van der Waals surface area (Å²) in [4.78, 5) is 0. The maximum atomic E-state index is 5.90. The second kappa shape index (κ2) is 5.31. The molecule has 0 bridgehead atoms. The summed E-state index contributed by atoms with van der Waals surface area (Å²) >= 11 is 0. The average Bonchev–Trinajstić information content (AvgIpc) is 2.78. The first-order valence-corrected chi connectivity index (χ1v) is 6.66. The standard InChI is InChI=1S/C13H25NO/c1-3-14-12-6-5-11(8-12)9-13-7-4-10(2)15-13/h10-14H,3-9H2,1-2H3. The van der Waals surface area contributed by atoms with Gasteiger partial charge in [-0.3, -0.25) is 0 Å². The third-order valence-corrected chi connectivity index (χ3v) is 3.95. The van der Waals surface area contributed by atoms with Crippen molar-refractivity contribution < 1.29 is 4.74 Å². The van der Waals surface area contributed by atoms with Crippen LogP contribution in [0.25, 0.3) is 0 Å². The van der Waals surface area contributed by atoms with Gasteiger partial charge in [0.1, 0.15) is 0 Å². The maximum Gasteiger partial charge on any atom is 0.0582 e. The molecule has 2 fully saturated rings. The molecule has 1 N–H and O–H groups in total. The van der Waals surface area contributed by atoms with E-state index in [1.165, 1.54) is 38.5 Å². The summed E-state index contributed by atoms with van der Waals surface area (Å²) in [5.41, 5.74) is 0. The summed E-state index contributed by atoms with van der Waals surface area (Å²) in [5, 5.41) is 3.57. The molecule has 0 aromatic heterocycles. The Morgan fingerprint density at radius 1 is 1.20 bits per heavy atom. The second-order valence-corrected chi connectivity index (χ2v) is 5.32. The molecule has 4 atom stereocenters. The van der Waals surface area contributed by atoms with Crippen molar-refractivity contribution in [3.8, 4) is 0 Å². The van der Waals surface area contributed by atoms with Crippen molar-refractivity contribution >= 4 is 0 Å². The molecule has 2 rings (SSSR count). The Labute approximate surface area is 93.8 Å². The van der Waals surface area contributed by atoms with Crippen molar-refractivity contribution in [3.05, 3.63) is 0 Å². The molecule has 0 aromatic carbocycles. The molecule has 0 amide bonds. The summed E-state index contributed by atoms with van der Waals surface area (Å²) in [6.07, 6.45) is 9.13. The van der Waals surface area contributed by atoms with Crippen LogP contribution < -0.4 is 5.32 Å². The van der Waals surface area contributed by atoms with E-state index in [1.54, 1.807) is 0 Å². The lowest BCUT2D eigenvalue weighted by Gasteiger charge is -2.16. The van der Waals surface area contributed by atoms with Crippen LogP contribution in [-0.2, 0) is 4.74 Å². The first-order chi connectivity index (χ1) is 7.28. The van der Waals surface area contributed by atoms with Crippen LogP contribution in [0.5, 0.6) is 0 Å². The quantitative estimate of drug-likeness (QED) is 0.772. The molecule has 88 valence electrons. The molecule has 1 aliphatic carbocycles. The molecular formula is C13H25NO. The Hall–Kier alpha value is -0.0800. The zero-order chi connectivity index (χ0) is 10.7. The number of hydrogen-bond acceptors (Lipinski definition) is 2. The Kier molecular flexibility index (Phi) is 4.04. The Balaban J connectivity index is 1.68. The van der Waals surface area contributed by atoms with Crippen LogP contribution in [0, 0.1) is 5.92 Å². The van der Waals surface area contributed by atoms with Crippen LogP contribution in [0.1, 0.15) is 52.4 Å². The molecule has 1 heterocycles. The second-order valence-electron chi connectivity index (χ2n) is 5.32. The van der Waals surface area contributed by atoms with Gasteiger partial charge in [0, 0.05) is 6.04 Å². The third kappa shape index (κ3) is 3.18. The van der Waals surface area contributed by atoms with E-state index in [-0.39, 0.29) is 0 Å². The van der Waals surface area contributed by atoms with Crippen molar-refractivity contribution in [2.45, 2.75) is 70.6 Å². The number of nitrogens with one attached hydrogen (secondary N) is 1. The minimum absolute atomic E-state index is 0.515. The lowest BCUT2D eigenvalue weighted by Crippen LogP contribution is -2.26. The predicted octanol–water partition coefficient (Wildman–Crippen LogP) is 2.72. The highest BCUT2D eigenvalue weighted by Gasteiger charge is 2.29. The largest absolute Gasteiger partial charge is 0.375 e. The molecule has 4 unspecified atom stereocenters. The summed E-state index contributed by atoms with van der Waals surface area (Å²) in [7, 11) is 0. The van der Waals surface area contributed by atoms with Gasteiger partial charge >= 0.3 is 0 Å². The fourth-order valence-electron chi connectivity index (χ4n) is 3.19. The van der Waals surface area contributed by atoms with Crippen molar-refractivity contribution in [1.29, 1.82) is 0 Å². The number of ether oxygens (including phenoxy) is 1. The van der Waals surface area contributed by atoms with Crippen molar-refractivity contribution in [3.63, 3.8) is 0 Å². The average molecular weight is 211 g/mol. The van der Waals surface area contributed by atoms with Crippen molar-refractivity contribution in [2.24, 2.45) is 5.92 Å². The lowest BCUT2D eigenvalue weighted by molar-refractivity contribution is 0.0412. The van der Waals surface area contributed by atoms with E-state index >= 15 is 0 Å². The Morgan fingerprint density at radius 2 is 2.07 bits per heavy atom. The van der Waals surface area contributed by atoms with E-state index in [0.29, 0.717) is 12.2 Å². The first kappa shape index (κ1) is 11.4. The van der Waals surface area contributed by atoms with Crippen LogP contribution in [0.2, 0.25) is 0 Å². The Morgan fingerprint density at radius 3 is 2.73 bits per heavy atom. The van der Waals surface area contributed by atoms with E-state index in [2.05, 4.69) is 19.2 Å². The van der Waals surface area contributed by atoms with Gasteiger partial charge < -0.3 is 10.1 Å². The van der Waals surface area contributed by atoms with Crippen LogP contribution in [0.3, 0.4) is 0 Å². The van der Waals surface area contributed by atoms with Crippen LogP contribution >= 0.6 is 0 Å². The van der Waals surface area contributed by atoms with E-state index in [1.807, 2.05) is 0 Å². The van der Waals surface area contributed by atoms with Gasteiger partial charge in [0.2, 0.25) is 0 Å². The summed E-state index contributed by atoms with van der Waals surface area (Å²) in [5.74, 6) is 0.921. The molecule has 0 aromatic rings. The van der Waals surface area contributed by atoms with E-state index in [9.17, 15) is 0 Å². The highest BCUT2D eigenvalue weighted by atomic mass is 16.5. The Bertz CT molecular complexity index is 195. The fraction of sp³-hybridized carbons (Fsp3) is 1.00. The third-order valence-electron chi connectivity index (χ3n) is 3.95. The van der Waals surface area contributed by atoms with Gasteiger partial charge in [-0.15, -0.1) is 0 Å². The highest BCUT2D eigenvalue weighted by molar-refractivity contribution is 4.83. The summed E-state index contributed by atoms with van der Waals surface area (Å²) in [6.45, 7) is 5.53. The molecule has 1 saturated heterocycles.